The summed E-state index contributed by atoms with van der Waals surface area (Å²) in [5.74, 6) is -3.95. The fourth-order valence-corrected chi connectivity index (χ4v) is 5.52. The number of nitrogens with two attached hydrogens (primary N) is 1. The normalized spacial score (nSPS) is 21.4. The quantitative estimate of drug-likeness (QED) is 0.0744. The molecule has 8 atom stereocenters. The molecule has 5 N–H and O–H groups in total. The van der Waals surface area contributed by atoms with Crippen LogP contribution in [0.4, 0.5) is 0 Å². The molecule has 0 aromatic carbocycles. The van der Waals surface area contributed by atoms with Crippen LogP contribution in [0.25, 0.3) is 0 Å². The number of carbonyl (C=O) groups excluding carboxylic acids is 4. The van der Waals surface area contributed by atoms with Crippen molar-refractivity contribution in [1.29, 1.82) is 0 Å². The van der Waals surface area contributed by atoms with Crippen molar-refractivity contribution < 1.29 is 38.9 Å². The number of hydrogen-bond acceptors (Lipinski definition) is 7. The minimum atomic E-state index is -1.27. The van der Waals surface area contributed by atoms with Crippen LogP contribution in [0.1, 0.15) is 87.5 Å². The highest BCUT2D eigenvalue weighted by molar-refractivity contribution is 5.91. The number of carboxylic acids is 1. The zero-order valence-electron chi connectivity index (χ0n) is 29.8. The Morgan fingerprint density at radius 1 is 1.08 bits per heavy atom. The van der Waals surface area contributed by atoms with Crippen molar-refractivity contribution in [2.75, 3.05) is 0 Å². The maximum Gasteiger partial charge on any atom is 0.331 e. The fraction of sp³-hybridized carbons (Fsp3) is 0.553. The van der Waals surface area contributed by atoms with Crippen LogP contribution in [-0.4, -0.2) is 58.0 Å². The second-order valence-electron chi connectivity index (χ2n) is 13.1. The lowest BCUT2D eigenvalue weighted by Gasteiger charge is -2.26. The summed E-state index contributed by atoms with van der Waals surface area (Å²) in [6.07, 6.45) is 17.2. The maximum absolute atomic E-state index is 13.2. The SMILES string of the molecule is CCC(C=C[C@@H]1OC(=O)C=C[C@@H]1C)=C[C@H](C)CC=CC(C)=C[C@@H](C)C(=O)[C@@H](C)[C@H](O)[C@@H](C)C/C(C)=C/C(=O)NC(CCC(N)=O)C(=O)O. The third kappa shape index (κ3) is 15.7. The van der Waals surface area contributed by atoms with Gasteiger partial charge in [0.25, 0.3) is 0 Å². The molecule has 1 aliphatic rings. The van der Waals surface area contributed by atoms with Gasteiger partial charge in [-0.15, -0.1) is 0 Å². The third-order valence-electron chi connectivity index (χ3n) is 8.42. The molecule has 0 aromatic rings. The summed E-state index contributed by atoms with van der Waals surface area (Å²) in [4.78, 5) is 59.5. The second-order valence-corrected chi connectivity index (χ2v) is 13.1. The lowest BCUT2D eigenvalue weighted by atomic mass is 9.83. The standard InChI is InChI=1S/C38H56N2O8/c1-9-30(14-16-32-26(5)13-18-35(43)48-32)21-24(3)12-10-11-23(2)19-27(6)36(44)29(8)37(45)28(7)20-25(4)22-34(42)40-31(38(46)47)15-17-33(39)41/h10-11,13-14,16,18-19,21-22,24,26-29,31-32,37,45H,9,12,15,17,20H2,1-8H3,(H2,39,41)(H,40,42)(H,46,47)/b11-10?,16-14?,23-19?,25-22+,30-21?/t24-,26+,27-,28+,29-,31?,32+,37-/m1/s1. The monoisotopic (exact) mass is 668 g/mol. The number of carboxylic acid groups (broad SMARTS) is 1. The van der Waals surface area contributed by atoms with Gasteiger partial charge in [-0.05, 0) is 57.4 Å². The smallest absolute Gasteiger partial charge is 0.331 e. The number of esters is 1. The zero-order valence-corrected chi connectivity index (χ0v) is 29.8. The van der Waals surface area contributed by atoms with Gasteiger partial charge in [-0.2, -0.15) is 0 Å². The van der Waals surface area contributed by atoms with E-state index in [1.165, 1.54) is 17.7 Å². The van der Waals surface area contributed by atoms with Crippen molar-refractivity contribution >= 4 is 29.5 Å². The number of ether oxygens (including phenoxy) is 1. The van der Waals surface area contributed by atoms with Crippen LogP contribution in [0, 0.1) is 29.6 Å². The minimum Gasteiger partial charge on any atom is -0.480 e. The molecule has 1 rings (SSSR count). The number of aliphatic carboxylic acids is 1. The van der Waals surface area contributed by atoms with E-state index < -0.39 is 41.8 Å². The van der Waals surface area contributed by atoms with Gasteiger partial charge in [0.1, 0.15) is 17.9 Å². The molecule has 1 heterocycles. The van der Waals surface area contributed by atoms with Crippen molar-refractivity contribution in [3.63, 3.8) is 0 Å². The highest BCUT2D eigenvalue weighted by Gasteiger charge is 2.29. The Balaban J connectivity index is 2.71. The number of allylic oxidation sites excluding steroid dienone is 8. The van der Waals surface area contributed by atoms with Crippen molar-refractivity contribution in [2.45, 2.75) is 106 Å². The van der Waals surface area contributed by atoms with Gasteiger partial charge in [0.2, 0.25) is 11.8 Å². The summed E-state index contributed by atoms with van der Waals surface area (Å²) in [6, 6.07) is -1.25. The highest BCUT2D eigenvalue weighted by atomic mass is 16.5. The summed E-state index contributed by atoms with van der Waals surface area (Å²) in [7, 11) is 0. The van der Waals surface area contributed by atoms with E-state index in [9.17, 15) is 34.2 Å². The van der Waals surface area contributed by atoms with Crippen molar-refractivity contribution in [2.24, 2.45) is 35.3 Å². The van der Waals surface area contributed by atoms with E-state index in [0.29, 0.717) is 12.0 Å². The molecule has 0 radical (unpaired) electrons. The van der Waals surface area contributed by atoms with Crippen LogP contribution in [0.5, 0.6) is 0 Å². The number of aliphatic hydroxyl groups is 1. The van der Waals surface area contributed by atoms with Crippen molar-refractivity contribution in [3.8, 4) is 0 Å². The van der Waals surface area contributed by atoms with Gasteiger partial charge < -0.3 is 26.0 Å². The van der Waals surface area contributed by atoms with Crippen molar-refractivity contribution in [3.05, 3.63) is 71.4 Å². The average Bonchev–Trinajstić information content (AvgIpc) is 3.00. The lowest BCUT2D eigenvalue weighted by molar-refractivity contribution is -0.143. The van der Waals surface area contributed by atoms with E-state index >= 15 is 0 Å². The van der Waals surface area contributed by atoms with Crippen LogP contribution >= 0.6 is 0 Å². The Bertz CT molecular complexity index is 1320. The Labute approximate surface area is 285 Å². The molecule has 266 valence electrons. The summed E-state index contributed by atoms with van der Waals surface area (Å²) >= 11 is 0. The van der Waals surface area contributed by atoms with Gasteiger partial charge >= 0.3 is 11.9 Å². The Hall–Kier alpha value is -4.05. The van der Waals surface area contributed by atoms with E-state index in [0.717, 1.165) is 18.4 Å². The van der Waals surface area contributed by atoms with Crippen LogP contribution in [0.3, 0.4) is 0 Å². The minimum absolute atomic E-state index is 0.0932. The number of carbonyl (C=O) groups is 5. The van der Waals surface area contributed by atoms with E-state index in [4.69, 9.17) is 10.5 Å². The average molecular weight is 669 g/mol. The first kappa shape index (κ1) is 42.0. The summed E-state index contributed by atoms with van der Waals surface area (Å²) in [5.41, 5.74) is 7.80. The number of Topliss-reactive ketones (excluding diaryl/α,β-unsaturated/α-hetero) is 1. The van der Waals surface area contributed by atoms with Gasteiger partial charge in [-0.1, -0.05) is 94.7 Å². The number of rotatable bonds is 20. The highest BCUT2D eigenvalue weighted by Crippen LogP contribution is 2.24. The first-order valence-electron chi connectivity index (χ1n) is 16.8. The summed E-state index contributed by atoms with van der Waals surface area (Å²) < 4.78 is 5.40. The van der Waals surface area contributed by atoms with E-state index in [1.54, 1.807) is 20.8 Å². The Kier molecular flexibility index (Phi) is 18.4. The van der Waals surface area contributed by atoms with Gasteiger partial charge in [-0.25, -0.2) is 9.59 Å². The number of ketones is 1. The molecule has 2 amide bonds. The predicted molar refractivity (Wildman–Crippen MR) is 187 cm³/mol. The zero-order chi connectivity index (χ0) is 36.6. The number of aliphatic hydroxyl groups excluding tert-OH is 1. The third-order valence-corrected chi connectivity index (χ3v) is 8.42. The molecule has 0 bridgehead atoms. The van der Waals surface area contributed by atoms with Crippen LogP contribution in [0.15, 0.2) is 71.4 Å². The largest absolute Gasteiger partial charge is 0.480 e. The molecule has 1 aliphatic heterocycles. The molecular formula is C38H56N2O8. The van der Waals surface area contributed by atoms with E-state index in [2.05, 4.69) is 31.3 Å². The first-order chi connectivity index (χ1) is 22.4. The van der Waals surface area contributed by atoms with Crippen LogP contribution in [0.2, 0.25) is 0 Å². The predicted octanol–water partition coefficient (Wildman–Crippen LogP) is 5.54. The molecule has 0 saturated carbocycles. The number of nitrogens with one attached hydrogen (secondary N) is 1. The Morgan fingerprint density at radius 3 is 2.35 bits per heavy atom. The number of amides is 2. The topological polar surface area (TPSA) is 173 Å². The van der Waals surface area contributed by atoms with Gasteiger partial charge in [0.05, 0.1) is 6.10 Å². The number of hydrogen-bond donors (Lipinski definition) is 4. The Morgan fingerprint density at radius 2 is 1.75 bits per heavy atom. The van der Waals surface area contributed by atoms with Crippen molar-refractivity contribution in [1.82, 2.24) is 5.32 Å². The summed E-state index contributed by atoms with van der Waals surface area (Å²) in [5, 5.41) is 22.6. The molecule has 1 unspecified atom stereocenters. The molecule has 0 aromatic heterocycles. The van der Waals surface area contributed by atoms with E-state index in [1.807, 2.05) is 51.2 Å². The molecule has 0 spiro atoms. The molecular weight excluding hydrogens is 612 g/mol. The van der Waals surface area contributed by atoms with Crippen LogP contribution < -0.4 is 11.1 Å². The molecule has 0 saturated heterocycles. The first-order valence-corrected chi connectivity index (χ1v) is 16.8. The van der Waals surface area contributed by atoms with Gasteiger partial charge in [-0.3, -0.25) is 14.4 Å². The molecule has 0 aliphatic carbocycles. The maximum atomic E-state index is 13.2. The number of primary amides is 1. The lowest BCUT2D eigenvalue weighted by Crippen LogP contribution is -2.40. The van der Waals surface area contributed by atoms with Gasteiger partial charge in [0, 0.05) is 36.3 Å². The molecule has 48 heavy (non-hydrogen) atoms. The molecule has 0 fully saturated rings. The van der Waals surface area contributed by atoms with Gasteiger partial charge in [0.15, 0.2) is 0 Å². The van der Waals surface area contributed by atoms with E-state index in [-0.39, 0.29) is 48.5 Å². The fourth-order valence-electron chi connectivity index (χ4n) is 5.52. The summed E-state index contributed by atoms with van der Waals surface area (Å²) in [6.45, 7) is 15.2. The molecule has 10 heteroatoms. The second kappa shape index (κ2) is 21.0. The van der Waals surface area contributed by atoms with Crippen LogP contribution in [-0.2, 0) is 28.7 Å². The number of cyclic esters (lactones) is 1. The molecule has 10 nitrogen and oxygen atoms in total.